The second-order valence-corrected chi connectivity index (χ2v) is 7.05. The molecule has 0 fully saturated rings. The maximum atomic E-state index is 12.8. The van der Waals surface area contributed by atoms with Gasteiger partial charge in [0, 0.05) is 11.4 Å². The monoisotopic (exact) mass is 347 g/mol. The molecule has 0 aliphatic heterocycles. The van der Waals surface area contributed by atoms with Gasteiger partial charge in [-0.1, -0.05) is 30.3 Å². The van der Waals surface area contributed by atoms with Crippen LogP contribution in [0.1, 0.15) is 18.9 Å². The van der Waals surface area contributed by atoms with Crippen molar-refractivity contribution >= 4 is 17.7 Å². The molecule has 24 heavy (non-hydrogen) atoms. The number of thioether (sulfide) groups is 1. The van der Waals surface area contributed by atoms with Crippen LogP contribution in [-0.4, -0.2) is 28.9 Å². The van der Waals surface area contributed by atoms with E-state index in [9.17, 15) is 14.3 Å². The van der Waals surface area contributed by atoms with Gasteiger partial charge in [-0.05, 0) is 49.6 Å². The number of aliphatic hydroxyl groups is 1. The van der Waals surface area contributed by atoms with Gasteiger partial charge in [-0.2, -0.15) is 0 Å². The summed E-state index contributed by atoms with van der Waals surface area (Å²) >= 11 is 1.34. The fourth-order valence-electron chi connectivity index (χ4n) is 2.17. The van der Waals surface area contributed by atoms with Gasteiger partial charge in [-0.3, -0.25) is 4.79 Å². The zero-order valence-corrected chi connectivity index (χ0v) is 14.5. The first kappa shape index (κ1) is 18.5. The molecule has 0 aromatic heterocycles. The van der Waals surface area contributed by atoms with Gasteiger partial charge in [0.25, 0.3) is 0 Å². The van der Waals surface area contributed by atoms with Crippen molar-refractivity contribution in [3.63, 3.8) is 0 Å². The SMILES string of the molecule is C[C@](O)(CCc1ccccc1)CNC(=O)CSc1ccc(F)cc1. The number of hydrogen-bond donors (Lipinski definition) is 2. The summed E-state index contributed by atoms with van der Waals surface area (Å²) < 4.78 is 12.8. The number of amides is 1. The molecule has 0 spiro atoms. The maximum Gasteiger partial charge on any atom is 0.230 e. The first-order valence-electron chi connectivity index (χ1n) is 7.86. The molecule has 0 heterocycles. The molecule has 5 heteroatoms. The predicted octanol–water partition coefficient (Wildman–Crippen LogP) is 3.42. The summed E-state index contributed by atoms with van der Waals surface area (Å²) in [4.78, 5) is 12.7. The Labute approximate surface area is 146 Å². The summed E-state index contributed by atoms with van der Waals surface area (Å²) in [6.45, 7) is 1.94. The Balaban J connectivity index is 1.70. The first-order chi connectivity index (χ1) is 11.4. The average molecular weight is 347 g/mol. The highest BCUT2D eigenvalue weighted by molar-refractivity contribution is 8.00. The summed E-state index contributed by atoms with van der Waals surface area (Å²) in [5.74, 6) is -0.206. The summed E-state index contributed by atoms with van der Waals surface area (Å²) in [5.41, 5.74) is 0.211. The first-order valence-corrected chi connectivity index (χ1v) is 8.84. The Kier molecular flexibility index (Phi) is 6.82. The van der Waals surface area contributed by atoms with Gasteiger partial charge in [0.2, 0.25) is 5.91 Å². The molecule has 0 aliphatic carbocycles. The van der Waals surface area contributed by atoms with Crippen LogP contribution in [0.3, 0.4) is 0 Å². The van der Waals surface area contributed by atoms with Crippen molar-refractivity contribution in [2.45, 2.75) is 30.3 Å². The lowest BCUT2D eigenvalue weighted by Crippen LogP contribution is -2.41. The molecule has 2 aromatic carbocycles. The van der Waals surface area contributed by atoms with E-state index in [0.29, 0.717) is 6.42 Å². The second kappa shape index (κ2) is 8.85. The van der Waals surface area contributed by atoms with E-state index in [-0.39, 0.29) is 24.0 Å². The second-order valence-electron chi connectivity index (χ2n) is 6.00. The van der Waals surface area contributed by atoms with Crippen molar-refractivity contribution in [1.29, 1.82) is 0 Å². The lowest BCUT2D eigenvalue weighted by Gasteiger charge is -2.23. The van der Waals surface area contributed by atoms with Gasteiger partial charge in [0.1, 0.15) is 5.82 Å². The topological polar surface area (TPSA) is 49.3 Å². The Morgan fingerprint density at radius 2 is 1.83 bits per heavy atom. The maximum absolute atomic E-state index is 12.8. The fraction of sp³-hybridized carbons (Fsp3) is 0.316. The highest BCUT2D eigenvalue weighted by Gasteiger charge is 2.21. The minimum absolute atomic E-state index is 0.149. The average Bonchev–Trinajstić information content (AvgIpc) is 2.59. The van der Waals surface area contributed by atoms with Crippen molar-refractivity contribution in [1.82, 2.24) is 5.32 Å². The smallest absolute Gasteiger partial charge is 0.230 e. The number of nitrogens with one attached hydrogen (secondary N) is 1. The van der Waals surface area contributed by atoms with Crippen LogP contribution in [0.5, 0.6) is 0 Å². The molecule has 128 valence electrons. The van der Waals surface area contributed by atoms with Crippen molar-refractivity contribution in [2.24, 2.45) is 0 Å². The van der Waals surface area contributed by atoms with Crippen molar-refractivity contribution in [2.75, 3.05) is 12.3 Å². The highest BCUT2D eigenvalue weighted by atomic mass is 32.2. The summed E-state index contributed by atoms with van der Waals surface area (Å²) in [7, 11) is 0. The van der Waals surface area contributed by atoms with Gasteiger partial charge >= 0.3 is 0 Å². The largest absolute Gasteiger partial charge is 0.388 e. The van der Waals surface area contributed by atoms with E-state index in [1.54, 1.807) is 19.1 Å². The Morgan fingerprint density at radius 1 is 1.17 bits per heavy atom. The summed E-state index contributed by atoms with van der Waals surface area (Å²) in [5, 5.41) is 13.1. The number of rotatable bonds is 8. The van der Waals surface area contributed by atoms with Crippen molar-refractivity contribution < 1.29 is 14.3 Å². The molecule has 0 radical (unpaired) electrons. The van der Waals surface area contributed by atoms with E-state index < -0.39 is 5.60 Å². The standard InChI is InChI=1S/C19H22FNO2S/c1-19(23,12-11-15-5-3-2-4-6-15)14-21-18(22)13-24-17-9-7-16(20)8-10-17/h2-10,23H,11-14H2,1H3,(H,21,22)/t19-/m0/s1. The molecule has 1 amide bonds. The molecule has 2 aromatic rings. The van der Waals surface area contributed by atoms with Crippen LogP contribution in [0.25, 0.3) is 0 Å². The number of carbonyl (C=O) groups is 1. The van der Waals surface area contributed by atoms with Crippen molar-refractivity contribution in [3.05, 3.63) is 66.0 Å². The number of carbonyl (C=O) groups excluding carboxylic acids is 1. The van der Waals surface area contributed by atoms with Crippen LogP contribution in [0, 0.1) is 5.82 Å². The zero-order chi connectivity index (χ0) is 17.4. The third kappa shape index (κ3) is 6.72. The molecule has 3 nitrogen and oxygen atoms in total. The molecule has 2 N–H and O–H groups in total. The van der Waals surface area contributed by atoms with Crippen LogP contribution >= 0.6 is 11.8 Å². The van der Waals surface area contributed by atoms with E-state index in [0.717, 1.165) is 16.9 Å². The summed E-state index contributed by atoms with van der Waals surface area (Å²) in [6, 6.07) is 16.0. The highest BCUT2D eigenvalue weighted by Crippen LogP contribution is 2.18. The quantitative estimate of drug-likeness (QED) is 0.720. The third-order valence-corrected chi connectivity index (χ3v) is 4.66. The third-order valence-electron chi connectivity index (χ3n) is 3.65. The minimum atomic E-state index is -0.952. The molecule has 0 saturated carbocycles. The molecule has 1 atom stereocenters. The van der Waals surface area contributed by atoms with E-state index >= 15 is 0 Å². The normalized spacial score (nSPS) is 13.3. The van der Waals surface area contributed by atoms with Crippen LogP contribution < -0.4 is 5.32 Å². The predicted molar refractivity (Wildman–Crippen MR) is 95.5 cm³/mol. The van der Waals surface area contributed by atoms with Gasteiger partial charge < -0.3 is 10.4 Å². The van der Waals surface area contributed by atoms with Crippen LogP contribution in [0.4, 0.5) is 4.39 Å². The minimum Gasteiger partial charge on any atom is -0.388 e. The van der Waals surface area contributed by atoms with Gasteiger partial charge in [-0.25, -0.2) is 4.39 Å². The lowest BCUT2D eigenvalue weighted by molar-refractivity contribution is -0.119. The lowest BCUT2D eigenvalue weighted by atomic mass is 9.97. The summed E-state index contributed by atoms with van der Waals surface area (Å²) in [6.07, 6.45) is 1.33. The Hall–Kier alpha value is -1.85. The molecule has 2 rings (SSSR count). The zero-order valence-electron chi connectivity index (χ0n) is 13.7. The van der Waals surface area contributed by atoms with Crippen LogP contribution in [0.15, 0.2) is 59.5 Å². The van der Waals surface area contributed by atoms with E-state index in [1.807, 2.05) is 30.3 Å². The van der Waals surface area contributed by atoms with Crippen LogP contribution in [0.2, 0.25) is 0 Å². The number of aryl methyl sites for hydroxylation is 1. The number of halogens is 1. The van der Waals surface area contributed by atoms with Gasteiger partial charge in [-0.15, -0.1) is 11.8 Å². The number of hydrogen-bond acceptors (Lipinski definition) is 3. The van der Waals surface area contributed by atoms with Gasteiger partial charge in [0.15, 0.2) is 0 Å². The molecule has 0 bridgehead atoms. The van der Waals surface area contributed by atoms with Gasteiger partial charge in [0.05, 0.1) is 11.4 Å². The Morgan fingerprint density at radius 3 is 2.50 bits per heavy atom. The fourth-order valence-corrected chi connectivity index (χ4v) is 2.89. The molecule has 0 saturated heterocycles. The molecule has 0 unspecified atom stereocenters. The Bertz CT molecular complexity index is 644. The molecule has 0 aliphatic rings. The van der Waals surface area contributed by atoms with Crippen LogP contribution in [-0.2, 0) is 11.2 Å². The van der Waals surface area contributed by atoms with Crippen molar-refractivity contribution in [3.8, 4) is 0 Å². The van der Waals surface area contributed by atoms with E-state index in [4.69, 9.17) is 0 Å². The number of benzene rings is 2. The van der Waals surface area contributed by atoms with E-state index in [1.165, 1.54) is 23.9 Å². The molecular formula is C19H22FNO2S. The molecular weight excluding hydrogens is 325 g/mol. The van der Waals surface area contributed by atoms with E-state index in [2.05, 4.69) is 5.32 Å².